The fraction of sp³-hybridized carbons (Fsp3) is 0.556. The fourth-order valence-corrected chi connectivity index (χ4v) is 3.05. The summed E-state index contributed by atoms with van der Waals surface area (Å²) >= 11 is 0. The molecule has 2 N–H and O–H groups in total. The van der Waals surface area contributed by atoms with Crippen molar-refractivity contribution in [1.82, 2.24) is 15.5 Å². The maximum atomic E-state index is 13.5. The molecule has 1 aliphatic rings. The highest BCUT2D eigenvalue weighted by Gasteiger charge is 2.28. The van der Waals surface area contributed by atoms with E-state index in [4.69, 9.17) is 0 Å². The van der Waals surface area contributed by atoms with Crippen molar-refractivity contribution in [3.8, 4) is 0 Å². The highest BCUT2D eigenvalue weighted by atomic mass is 35.5. The minimum atomic E-state index is -0.872. The second kappa shape index (κ2) is 10.4. The van der Waals surface area contributed by atoms with Crippen LogP contribution in [0.3, 0.4) is 0 Å². The molecule has 2 unspecified atom stereocenters. The van der Waals surface area contributed by atoms with Crippen molar-refractivity contribution in [3.05, 3.63) is 35.4 Å². The van der Waals surface area contributed by atoms with Gasteiger partial charge in [-0.1, -0.05) is 6.07 Å². The zero-order valence-corrected chi connectivity index (χ0v) is 15.9. The molecule has 0 aromatic heterocycles. The number of rotatable bonds is 6. The van der Waals surface area contributed by atoms with Crippen LogP contribution in [0.5, 0.6) is 0 Å². The van der Waals surface area contributed by atoms with E-state index >= 15 is 0 Å². The normalized spacial score (nSPS) is 19.4. The van der Waals surface area contributed by atoms with Gasteiger partial charge in [0.15, 0.2) is 11.6 Å². The molecule has 1 fully saturated rings. The fourth-order valence-electron chi connectivity index (χ4n) is 3.05. The number of hydrogen-bond acceptors (Lipinski definition) is 3. The van der Waals surface area contributed by atoms with E-state index in [0.29, 0.717) is 24.9 Å². The van der Waals surface area contributed by atoms with E-state index < -0.39 is 11.6 Å². The van der Waals surface area contributed by atoms with Gasteiger partial charge in [-0.05, 0) is 37.1 Å². The average Bonchev–Trinajstić information content (AvgIpc) is 2.57. The summed E-state index contributed by atoms with van der Waals surface area (Å²) in [7, 11) is 3.37. The lowest BCUT2D eigenvalue weighted by Crippen LogP contribution is -2.50. The summed E-state index contributed by atoms with van der Waals surface area (Å²) in [4.78, 5) is 25.2. The molecule has 1 aliphatic heterocycles. The zero-order valence-electron chi connectivity index (χ0n) is 15.1. The number of hydrogen-bond donors (Lipinski definition) is 2. The lowest BCUT2D eigenvalue weighted by Gasteiger charge is -2.33. The molecule has 5 nitrogen and oxygen atoms in total. The van der Waals surface area contributed by atoms with Crippen LogP contribution < -0.4 is 10.6 Å². The minimum absolute atomic E-state index is 0. The van der Waals surface area contributed by atoms with Crippen LogP contribution in [0, 0.1) is 11.6 Å². The van der Waals surface area contributed by atoms with Gasteiger partial charge in [-0.25, -0.2) is 8.78 Å². The highest BCUT2D eigenvalue weighted by molar-refractivity contribution is 5.85. The molecule has 0 saturated carbocycles. The number of amides is 2. The second-order valence-corrected chi connectivity index (χ2v) is 6.59. The van der Waals surface area contributed by atoms with Gasteiger partial charge in [-0.3, -0.25) is 9.59 Å². The van der Waals surface area contributed by atoms with E-state index in [1.165, 1.54) is 11.0 Å². The van der Waals surface area contributed by atoms with Crippen molar-refractivity contribution in [3.63, 3.8) is 0 Å². The third-order valence-electron chi connectivity index (χ3n) is 4.49. The van der Waals surface area contributed by atoms with Gasteiger partial charge in [0.1, 0.15) is 0 Å². The summed E-state index contributed by atoms with van der Waals surface area (Å²) in [5, 5.41) is 6.17. The van der Waals surface area contributed by atoms with Crippen molar-refractivity contribution >= 4 is 24.2 Å². The SMILES string of the molecule is CN(C)C(=O)CCCC(=O)NC1CNCCC1c1ccc(F)c(F)c1.Cl. The van der Waals surface area contributed by atoms with Gasteiger partial charge in [0.2, 0.25) is 11.8 Å². The Morgan fingerprint density at radius 3 is 2.62 bits per heavy atom. The number of halogens is 3. The number of carbonyl (C=O) groups excluding carboxylic acids is 2. The Morgan fingerprint density at radius 1 is 1.23 bits per heavy atom. The van der Waals surface area contributed by atoms with Gasteiger partial charge in [0, 0.05) is 45.4 Å². The smallest absolute Gasteiger partial charge is 0.222 e. The van der Waals surface area contributed by atoms with Crippen molar-refractivity contribution in [2.24, 2.45) is 0 Å². The quantitative estimate of drug-likeness (QED) is 0.784. The molecule has 1 heterocycles. The molecule has 0 radical (unpaired) electrons. The number of carbonyl (C=O) groups is 2. The topological polar surface area (TPSA) is 61.4 Å². The summed E-state index contributed by atoms with van der Waals surface area (Å²) in [5.74, 6) is -1.95. The number of nitrogens with zero attached hydrogens (tertiary/aromatic N) is 1. The standard InChI is InChI=1S/C18H25F2N3O2.ClH/c1-23(2)18(25)5-3-4-17(24)22-16-11-21-9-8-13(16)12-6-7-14(19)15(20)10-12;/h6-7,10,13,16,21H,3-5,8-9,11H2,1-2H3,(H,22,24);1H. The van der Waals surface area contributed by atoms with Crippen LogP contribution in [0.15, 0.2) is 18.2 Å². The van der Waals surface area contributed by atoms with Crippen LogP contribution >= 0.6 is 12.4 Å². The molecule has 0 spiro atoms. The maximum absolute atomic E-state index is 13.5. The van der Waals surface area contributed by atoms with Gasteiger partial charge in [-0.15, -0.1) is 12.4 Å². The summed E-state index contributed by atoms with van der Waals surface area (Å²) < 4.78 is 26.7. The van der Waals surface area contributed by atoms with Gasteiger partial charge < -0.3 is 15.5 Å². The Morgan fingerprint density at radius 2 is 1.96 bits per heavy atom. The third kappa shape index (κ3) is 6.21. The molecule has 146 valence electrons. The van der Waals surface area contributed by atoms with Crippen LogP contribution in [0.4, 0.5) is 8.78 Å². The average molecular weight is 390 g/mol. The third-order valence-corrected chi connectivity index (χ3v) is 4.49. The Kier molecular flexibility index (Phi) is 8.95. The first-order valence-corrected chi connectivity index (χ1v) is 8.53. The first-order valence-electron chi connectivity index (χ1n) is 8.53. The van der Waals surface area contributed by atoms with Crippen LogP contribution in [0.2, 0.25) is 0 Å². The molecular formula is C18H26ClF2N3O2. The van der Waals surface area contributed by atoms with Gasteiger partial charge >= 0.3 is 0 Å². The molecule has 0 bridgehead atoms. The van der Waals surface area contributed by atoms with E-state index in [1.54, 1.807) is 20.2 Å². The highest BCUT2D eigenvalue weighted by Crippen LogP contribution is 2.27. The molecule has 2 atom stereocenters. The van der Waals surface area contributed by atoms with E-state index in [0.717, 1.165) is 19.0 Å². The lowest BCUT2D eigenvalue weighted by atomic mass is 9.86. The monoisotopic (exact) mass is 389 g/mol. The van der Waals surface area contributed by atoms with Crippen LogP contribution in [-0.2, 0) is 9.59 Å². The van der Waals surface area contributed by atoms with Crippen LogP contribution in [0.25, 0.3) is 0 Å². The van der Waals surface area contributed by atoms with E-state index in [2.05, 4.69) is 10.6 Å². The number of piperidine rings is 1. The van der Waals surface area contributed by atoms with Crippen molar-refractivity contribution in [2.45, 2.75) is 37.6 Å². The molecule has 2 amide bonds. The first kappa shape index (κ1) is 22.3. The van der Waals surface area contributed by atoms with E-state index in [-0.39, 0.29) is 42.6 Å². The van der Waals surface area contributed by atoms with Gasteiger partial charge in [-0.2, -0.15) is 0 Å². The zero-order chi connectivity index (χ0) is 18.4. The molecule has 0 aliphatic carbocycles. The largest absolute Gasteiger partial charge is 0.351 e. The Balaban J connectivity index is 0.00000338. The maximum Gasteiger partial charge on any atom is 0.222 e. The number of benzene rings is 1. The second-order valence-electron chi connectivity index (χ2n) is 6.59. The Labute approximate surface area is 158 Å². The van der Waals surface area contributed by atoms with Gasteiger partial charge in [0.05, 0.1) is 0 Å². The summed E-state index contributed by atoms with van der Waals surface area (Å²) in [6.07, 6.45) is 1.81. The van der Waals surface area contributed by atoms with Crippen LogP contribution in [-0.4, -0.2) is 49.9 Å². The van der Waals surface area contributed by atoms with E-state index in [9.17, 15) is 18.4 Å². The van der Waals surface area contributed by atoms with Crippen molar-refractivity contribution < 1.29 is 18.4 Å². The molecule has 1 aromatic carbocycles. The molecule has 8 heteroatoms. The van der Waals surface area contributed by atoms with Crippen LogP contribution in [0.1, 0.15) is 37.2 Å². The summed E-state index contributed by atoms with van der Waals surface area (Å²) in [6.45, 7) is 1.33. The lowest BCUT2D eigenvalue weighted by molar-refractivity contribution is -0.129. The first-order chi connectivity index (χ1) is 11.9. The summed E-state index contributed by atoms with van der Waals surface area (Å²) in [6, 6.07) is 3.72. The molecule has 26 heavy (non-hydrogen) atoms. The molecular weight excluding hydrogens is 364 g/mol. The number of nitrogens with one attached hydrogen (secondary N) is 2. The predicted molar refractivity (Wildman–Crippen MR) is 98.3 cm³/mol. The van der Waals surface area contributed by atoms with E-state index in [1.807, 2.05) is 0 Å². The predicted octanol–water partition coefficient (Wildman–Crippen LogP) is 2.21. The summed E-state index contributed by atoms with van der Waals surface area (Å²) in [5.41, 5.74) is 0.688. The van der Waals surface area contributed by atoms with Crippen molar-refractivity contribution in [2.75, 3.05) is 27.2 Å². The minimum Gasteiger partial charge on any atom is -0.351 e. The van der Waals surface area contributed by atoms with Gasteiger partial charge in [0.25, 0.3) is 0 Å². The molecule has 1 aromatic rings. The Hall–Kier alpha value is -1.73. The van der Waals surface area contributed by atoms with Crippen molar-refractivity contribution in [1.29, 1.82) is 0 Å². The Bertz CT molecular complexity index is 628. The molecule has 1 saturated heterocycles. The molecule has 2 rings (SSSR count).